The van der Waals surface area contributed by atoms with E-state index in [9.17, 15) is 0 Å². The van der Waals surface area contributed by atoms with Crippen molar-refractivity contribution in [3.8, 4) is 5.75 Å². The van der Waals surface area contributed by atoms with Crippen molar-refractivity contribution in [3.63, 3.8) is 0 Å². The summed E-state index contributed by atoms with van der Waals surface area (Å²) in [5, 5.41) is 0. The average Bonchev–Trinajstić information content (AvgIpc) is 2.37. The summed E-state index contributed by atoms with van der Waals surface area (Å²) < 4.78 is 8.04. The molecule has 0 radical (unpaired) electrons. The van der Waals surface area contributed by atoms with E-state index in [1.807, 2.05) is 31.2 Å². The molecular weight excluding hydrogens is 382 g/mol. The molecule has 2 nitrogen and oxygen atoms in total. The van der Waals surface area contributed by atoms with Crippen LogP contribution in [-0.4, -0.2) is 6.04 Å². The summed E-state index contributed by atoms with van der Waals surface area (Å²) in [6, 6.07) is 14.3. The molecule has 2 aromatic carbocycles. The van der Waals surface area contributed by atoms with Crippen LogP contribution in [0.2, 0.25) is 0 Å². The first-order chi connectivity index (χ1) is 9.54. The van der Waals surface area contributed by atoms with Crippen molar-refractivity contribution in [1.82, 2.24) is 0 Å². The molecular formula is C16H17Br2NO. The first-order valence-electron chi connectivity index (χ1n) is 6.46. The van der Waals surface area contributed by atoms with Crippen molar-refractivity contribution < 1.29 is 4.74 Å². The highest BCUT2D eigenvalue weighted by Crippen LogP contribution is 2.25. The highest BCUT2D eigenvalue weighted by Gasteiger charge is 2.07. The van der Waals surface area contributed by atoms with Gasteiger partial charge in [0.1, 0.15) is 12.4 Å². The number of ether oxygens (including phenoxy) is 1. The van der Waals surface area contributed by atoms with Gasteiger partial charge in [-0.2, -0.15) is 0 Å². The van der Waals surface area contributed by atoms with Crippen molar-refractivity contribution in [2.45, 2.75) is 26.0 Å². The number of hydrogen-bond donors (Lipinski definition) is 1. The monoisotopic (exact) mass is 397 g/mol. The lowest BCUT2D eigenvalue weighted by Gasteiger charge is -2.14. The van der Waals surface area contributed by atoms with Gasteiger partial charge in [0.05, 0.1) is 0 Å². The maximum absolute atomic E-state index is 5.94. The Balaban J connectivity index is 2.12. The largest absolute Gasteiger partial charge is 0.489 e. The Kier molecular flexibility index (Phi) is 5.64. The normalized spacial score (nSPS) is 12.2. The van der Waals surface area contributed by atoms with Gasteiger partial charge < -0.3 is 10.5 Å². The van der Waals surface area contributed by atoms with Crippen molar-refractivity contribution in [3.05, 3.63) is 62.5 Å². The molecule has 0 aliphatic carbocycles. The van der Waals surface area contributed by atoms with Gasteiger partial charge in [-0.15, -0.1) is 0 Å². The molecule has 20 heavy (non-hydrogen) atoms. The van der Waals surface area contributed by atoms with E-state index in [4.69, 9.17) is 10.5 Å². The van der Waals surface area contributed by atoms with Crippen molar-refractivity contribution >= 4 is 31.9 Å². The number of hydrogen-bond acceptors (Lipinski definition) is 2. The van der Waals surface area contributed by atoms with Gasteiger partial charge in [-0.25, -0.2) is 0 Å². The van der Waals surface area contributed by atoms with E-state index in [0.717, 1.165) is 32.2 Å². The van der Waals surface area contributed by atoms with Crippen molar-refractivity contribution in [1.29, 1.82) is 0 Å². The van der Waals surface area contributed by atoms with E-state index in [1.54, 1.807) is 0 Å². The Morgan fingerprint density at radius 3 is 2.55 bits per heavy atom. The molecule has 0 saturated carbocycles. The molecule has 4 heteroatoms. The fraction of sp³-hybridized carbons (Fsp3) is 0.250. The summed E-state index contributed by atoms with van der Waals surface area (Å²) in [5.41, 5.74) is 8.16. The molecule has 2 rings (SSSR count). The molecule has 1 unspecified atom stereocenters. The fourth-order valence-corrected chi connectivity index (χ4v) is 2.84. The van der Waals surface area contributed by atoms with E-state index < -0.39 is 0 Å². The van der Waals surface area contributed by atoms with E-state index >= 15 is 0 Å². The standard InChI is InChI=1S/C16H17Br2NO/c1-11(19)7-13-9-15(18)5-6-16(13)20-10-12-3-2-4-14(17)8-12/h2-6,8-9,11H,7,10,19H2,1H3. The van der Waals surface area contributed by atoms with Crippen LogP contribution in [0, 0.1) is 0 Å². The molecule has 0 aliphatic heterocycles. The Labute approximate surface area is 136 Å². The van der Waals surface area contributed by atoms with Crippen LogP contribution in [0.15, 0.2) is 51.4 Å². The van der Waals surface area contributed by atoms with Crippen LogP contribution in [0.1, 0.15) is 18.1 Å². The predicted octanol–water partition coefficient (Wildman–Crippen LogP) is 4.68. The van der Waals surface area contributed by atoms with Crippen LogP contribution < -0.4 is 10.5 Å². The molecule has 106 valence electrons. The van der Waals surface area contributed by atoms with E-state index in [-0.39, 0.29) is 6.04 Å². The topological polar surface area (TPSA) is 35.2 Å². The molecule has 0 heterocycles. The SMILES string of the molecule is CC(N)Cc1cc(Br)ccc1OCc1cccc(Br)c1. The van der Waals surface area contributed by atoms with Crippen LogP contribution in [-0.2, 0) is 13.0 Å². The minimum Gasteiger partial charge on any atom is -0.489 e. The number of benzene rings is 2. The highest BCUT2D eigenvalue weighted by molar-refractivity contribution is 9.10. The quantitative estimate of drug-likeness (QED) is 0.793. The number of rotatable bonds is 5. The Bertz CT molecular complexity index is 584. The minimum atomic E-state index is 0.109. The first kappa shape index (κ1) is 15.5. The zero-order valence-electron chi connectivity index (χ0n) is 11.3. The molecule has 0 saturated heterocycles. The van der Waals surface area contributed by atoms with Crippen LogP contribution >= 0.6 is 31.9 Å². The van der Waals surface area contributed by atoms with Crippen LogP contribution in [0.4, 0.5) is 0 Å². The van der Waals surface area contributed by atoms with Crippen LogP contribution in [0.5, 0.6) is 5.75 Å². The molecule has 0 fully saturated rings. The van der Waals surface area contributed by atoms with E-state index in [1.165, 1.54) is 0 Å². The lowest BCUT2D eigenvalue weighted by molar-refractivity contribution is 0.302. The van der Waals surface area contributed by atoms with Gasteiger partial charge >= 0.3 is 0 Å². The Morgan fingerprint density at radius 2 is 1.85 bits per heavy atom. The second-order valence-electron chi connectivity index (χ2n) is 4.85. The highest BCUT2D eigenvalue weighted by atomic mass is 79.9. The molecule has 2 aromatic rings. The third-order valence-electron chi connectivity index (χ3n) is 2.85. The second-order valence-corrected chi connectivity index (χ2v) is 6.68. The molecule has 0 bridgehead atoms. The molecule has 0 aliphatic rings. The average molecular weight is 399 g/mol. The molecule has 1 atom stereocenters. The van der Waals surface area contributed by atoms with Gasteiger partial charge in [0, 0.05) is 15.0 Å². The maximum atomic E-state index is 5.94. The summed E-state index contributed by atoms with van der Waals surface area (Å²) in [5.74, 6) is 0.894. The van der Waals surface area contributed by atoms with Gasteiger partial charge in [0.15, 0.2) is 0 Å². The van der Waals surface area contributed by atoms with Crippen molar-refractivity contribution in [2.75, 3.05) is 0 Å². The molecule has 0 spiro atoms. The zero-order valence-corrected chi connectivity index (χ0v) is 14.4. The summed E-state index contributed by atoms with van der Waals surface area (Å²) in [6.07, 6.45) is 0.799. The van der Waals surface area contributed by atoms with Gasteiger partial charge in [-0.3, -0.25) is 0 Å². The molecule has 0 aromatic heterocycles. The summed E-state index contributed by atoms with van der Waals surface area (Å²) >= 11 is 6.96. The van der Waals surface area contributed by atoms with Crippen molar-refractivity contribution in [2.24, 2.45) is 5.73 Å². The smallest absolute Gasteiger partial charge is 0.123 e. The van der Waals surface area contributed by atoms with E-state index in [2.05, 4.69) is 50.1 Å². The minimum absolute atomic E-state index is 0.109. The first-order valence-corrected chi connectivity index (χ1v) is 8.04. The lowest BCUT2D eigenvalue weighted by Crippen LogP contribution is -2.18. The van der Waals surface area contributed by atoms with Gasteiger partial charge in [-0.05, 0) is 54.8 Å². The van der Waals surface area contributed by atoms with Crippen LogP contribution in [0.25, 0.3) is 0 Å². The third kappa shape index (κ3) is 4.62. The summed E-state index contributed by atoms with van der Waals surface area (Å²) in [4.78, 5) is 0. The predicted molar refractivity (Wildman–Crippen MR) is 90.0 cm³/mol. The molecule has 2 N–H and O–H groups in total. The van der Waals surface area contributed by atoms with Crippen LogP contribution in [0.3, 0.4) is 0 Å². The number of nitrogens with two attached hydrogens (primary N) is 1. The third-order valence-corrected chi connectivity index (χ3v) is 3.83. The van der Waals surface area contributed by atoms with Gasteiger partial charge in [-0.1, -0.05) is 44.0 Å². The van der Waals surface area contributed by atoms with Gasteiger partial charge in [0.2, 0.25) is 0 Å². The van der Waals surface area contributed by atoms with E-state index in [0.29, 0.717) is 6.61 Å². The Morgan fingerprint density at radius 1 is 1.10 bits per heavy atom. The lowest BCUT2D eigenvalue weighted by atomic mass is 10.1. The number of halogens is 2. The molecule has 0 amide bonds. The zero-order chi connectivity index (χ0) is 14.5. The fourth-order valence-electron chi connectivity index (χ4n) is 1.98. The maximum Gasteiger partial charge on any atom is 0.123 e. The second kappa shape index (κ2) is 7.25. The summed E-state index contributed by atoms with van der Waals surface area (Å²) in [6.45, 7) is 2.55. The Hall–Kier alpha value is -0.840. The summed E-state index contributed by atoms with van der Waals surface area (Å²) in [7, 11) is 0. The van der Waals surface area contributed by atoms with Gasteiger partial charge in [0.25, 0.3) is 0 Å².